The van der Waals surface area contributed by atoms with E-state index in [0.717, 1.165) is 6.07 Å². The average molecular weight is 383 g/mol. The van der Waals surface area contributed by atoms with Crippen molar-refractivity contribution in [1.82, 2.24) is 0 Å². The second kappa shape index (κ2) is 6.23. The lowest BCUT2D eigenvalue weighted by molar-refractivity contribution is -0.137. The van der Waals surface area contributed by atoms with E-state index in [0.29, 0.717) is 10.0 Å². The van der Waals surface area contributed by atoms with Crippen LogP contribution in [-0.2, 0) is 12.7 Å². The lowest BCUT2D eigenvalue weighted by atomic mass is 10.1. The zero-order valence-corrected chi connectivity index (χ0v) is 12.8. The van der Waals surface area contributed by atoms with Gasteiger partial charge in [0.15, 0.2) is 0 Å². The highest BCUT2D eigenvalue weighted by Gasteiger charge is 2.33. The van der Waals surface area contributed by atoms with Crippen LogP contribution in [0.2, 0.25) is 5.02 Å². The van der Waals surface area contributed by atoms with Gasteiger partial charge in [0.25, 0.3) is 0 Å². The molecule has 0 radical (unpaired) electrons. The first kappa shape index (κ1) is 16.1. The van der Waals surface area contributed by atoms with Gasteiger partial charge in [0, 0.05) is 16.7 Å². The lowest BCUT2D eigenvalue weighted by Gasteiger charge is -2.13. The number of hydrogen-bond donors (Lipinski definition) is 1. The molecule has 0 amide bonds. The van der Waals surface area contributed by atoms with Gasteiger partial charge in [0.2, 0.25) is 0 Å². The molecule has 1 nitrogen and oxygen atoms in total. The van der Waals surface area contributed by atoms with E-state index >= 15 is 0 Å². The molecule has 112 valence electrons. The Labute approximate surface area is 132 Å². The Kier molecular flexibility index (Phi) is 4.78. The first-order valence-corrected chi connectivity index (χ1v) is 6.99. The normalized spacial score (nSPS) is 11.5. The number of hydrogen-bond acceptors (Lipinski definition) is 1. The fraction of sp³-hybridized carbons (Fsp3) is 0.143. The van der Waals surface area contributed by atoms with E-state index in [4.69, 9.17) is 11.6 Å². The van der Waals surface area contributed by atoms with E-state index < -0.39 is 17.6 Å². The summed E-state index contributed by atoms with van der Waals surface area (Å²) in [6.45, 7) is 0.178. The van der Waals surface area contributed by atoms with Crippen molar-refractivity contribution in [3.8, 4) is 0 Å². The van der Waals surface area contributed by atoms with Crippen molar-refractivity contribution in [2.75, 3.05) is 5.32 Å². The highest BCUT2D eigenvalue weighted by molar-refractivity contribution is 9.10. The van der Waals surface area contributed by atoms with Crippen LogP contribution in [0.3, 0.4) is 0 Å². The van der Waals surface area contributed by atoms with Gasteiger partial charge in [-0.05, 0) is 42.0 Å². The topological polar surface area (TPSA) is 12.0 Å². The summed E-state index contributed by atoms with van der Waals surface area (Å²) in [4.78, 5) is 0. The molecule has 0 atom stereocenters. The summed E-state index contributed by atoms with van der Waals surface area (Å²) in [6.07, 6.45) is -4.52. The van der Waals surface area contributed by atoms with Crippen LogP contribution in [0.4, 0.5) is 23.2 Å². The maximum Gasteiger partial charge on any atom is 0.417 e. The van der Waals surface area contributed by atoms with Crippen LogP contribution in [0, 0.1) is 5.82 Å². The van der Waals surface area contributed by atoms with E-state index in [-0.39, 0.29) is 17.3 Å². The Morgan fingerprint density at radius 2 is 1.81 bits per heavy atom. The quantitative estimate of drug-likeness (QED) is 0.654. The molecule has 0 aliphatic carbocycles. The van der Waals surface area contributed by atoms with Crippen molar-refractivity contribution < 1.29 is 17.6 Å². The fourth-order valence-corrected chi connectivity index (χ4v) is 2.34. The number of anilines is 1. The van der Waals surface area contributed by atoms with Crippen LogP contribution in [0.25, 0.3) is 0 Å². The minimum Gasteiger partial charge on any atom is -0.381 e. The summed E-state index contributed by atoms with van der Waals surface area (Å²) in [7, 11) is 0. The van der Waals surface area contributed by atoms with Crippen molar-refractivity contribution in [3.63, 3.8) is 0 Å². The Bertz CT molecular complexity index is 658. The first-order chi connectivity index (χ1) is 9.77. The van der Waals surface area contributed by atoms with Gasteiger partial charge in [-0.1, -0.05) is 27.5 Å². The van der Waals surface area contributed by atoms with Gasteiger partial charge in [0.1, 0.15) is 5.82 Å². The molecule has 0 aliphatic heterocycles. The van der Waals surface area contributed by atoms with E-state index in [1.54, 1.807) is 0 Å². The van der Waals surface area contributed by atoms with Gasteiger partial charge in [-0.25, -0.2) is 4.39 Å². The number of alkyl halides is 3. The van der Waals surface area contributed by atoms with Crippen molar-refractivity contribution in [2.45, 2.75) is 12.7 Å². The molecule has 0 saturated carbocycles. The third-order valence-electron chi connectivity index (χ3n) is 2.76. The minimum absolute atomic E-state index is 0.178. The van der Waals surface area contributed by atoms with E-state index in [1.807, 2.05) is 0 Å². The molecule has 2 aromatic carbocycles. The van der Waals surface area contributed by atoms with Crippen molar-refractivity contribution in [1.29, 1.82) is 0 Å². The third-order valence-corrected chi connectivity index (χ3v) is 3.87. The summed E-state index contributed by atoms with van der Waals surface area (Å²) in [5, 5.41) is 2.45. The molecule has 7 heteroatoms. The lowest BCUT2D eigenvalue weighted by Crippen LogP contribution is -2.07. The molecule has 1 N–H and O–H groups in total. The molecule has 0 aromatic heterocycles. The van der Waals surface area contributed by atoms with Gasteiger partial charge in [-0.15, -0.1) is 0 Å². The van der Waals surface area contributed by atoms with E-state index in [2.05, 4.69) is 21.2 Å². The molecule has 0 aliphatic rings. The zero-order valence-electron chi connectivity index (χ0n) is 10.4. The van der Waals surface area contributed by atoms with Crippen molar-refractivity contribution in [2.24, 2.45) is 0 Å². The van der Waals surface area contributed by atoms with Crippen LogP contribution in [0.5, 0.6) is 0 Å². The van der Waals surface area contributed by atoms with Crippen LogP contribution in [-0.4, -0.2) is 0 Å². The summed E-state index contributed by atoms with van der Waals surface area (Å²) in [6, 6.07) is 7.66. The second-order valence-electron chi connectivity index (χ2n) is 4.28. The Morgan fingerprint density at radius 3 is 2.48 bits per heavy atom. The fourth-order valence-electron chi connectivity index (χ4n) is 1.73. The number of nitrogens with one attached hydrogen (secondary N) is 1. The van der Waals surface area contributed by atoms with Crippen molar-refractivity contribution >= 4 is 33.2 Å². The summed E-state index contributed by atoms with van der Waals surface area (Å²) >= 11 is 8.79. The second-order valence-corrected chi connectivity index (χ2v) is 5.54. The smallest absolute Gasteiger partial charge is 0.381 e. The highest BCUT2D eigenvalue weighted by atomic mass is 79.9. The van der Waals surface area contributed by atoms with E-state index in [1.165, 1.54) is 30.3 Å². The molecule has 0 fully saturated rings. The van der Waals surface area contributed by atoms with Gasteiger partial charge in [-0.2, -0.15) is 13.2 Å². The highest BCUT2D eigenvalue weighted by Crippen LogP contribution is 2.36. The molecule has 2 rings (SSSR count). The summed E-state index contributed by atoms with van der Waals surface area (Å²) < 4.78 is 52.0. The maximum absolute atomic E-state index is 13.1. The van der Waals surface area contributed by atoms with Crippen LogP contribution >= 0.6 is 27.5 Å². The summed E-state index contributed by atoms with van der Waals surface area (Å²) in [5.41, 5.74) is -0.0612. The van der Waals surface area contributed by atoms with Gasteiger partial charge >= 0.3 is 6.18 Å². The summed E-state index contributed by atoms with van der Waals surface area (Å²) in [5.74, 6) is -0.415. The zero-order chi connectivity index (χ0) is 15.6. The van der Waals surface area contributed by atoms with Crippen molar-refractivity contribution in [3.05, 3.63) is 62.8 Å². The molecule has 0 unspecified atom stereocenters. The molecule has 0 heterocycles. The predicted molar refractivity (Wildman–Crippen MR) is 77.9 cm³/mol. The number of rotatable bonds is 3. The van der Waals surface area contributed by atoms with Gasteiger partial charge in [0.05, 0.1) is 10.6 Å². The largest absolute Gasteiger partial charge is 0.417 e. The third kappa shape index (κ3) is 4.11. The van der Waals surface area contributed by atoms with Gasteiger partial charge in [-0.3, -0.25) is 0 Å². The standard InChI is InChI=1S/C14H9BrClF4N/c15-12-3-1-9(17)5-8(12)7-21-10-2-4-13(16)11(6-10)14(18,19)20/h1-6,21H,7H2. The SMILES string of the molecule is Fc1ccc(Br)c(CNc2ccc(Cl)c(C(F)(F)F)c2)c1. The molecule has 2 aromatic rings. The molecule has 0 saturated heterocycles. The predicted octanol–water partition coefficient (Wildman–Crippen LogP) is 5.87. The molecular formula is C14H9BrClF4N. The van der Waals surface area contributed by atoms with Crippen LogP contribution in [0.15, 0.2) is 40.9 Å². The molecule has 21 heavy (non-hydrogen) atoms. The Hall–Kier alpha value is -1.27. The number of halogens is 6. The number of benzene rings is 2. The monoisotopic (exact) mass is 381 g/mol. The average Bonchev–Trinajstić information content (AvgIpc) is 2.40. The Morgan fingerprint density at radius 1 is 1.10 bits per heavy atom. The van der Waals surface area contributed by atoms with Gasteiger partial charge < -0.3 is 5.32 Å². The van der Waals surface area contributed by atoms with Crippen LogP contribution < -0.4 is 5.32 Å². The molecule has 0 spiro atoms. The Balaban J connectivity index is 2.19. The molecule has 0 bridgehead atoms. The maximum atomic E-state index is 13.1. The minimum atomic E-state index is -4.52. The van der Waals surface area contributed by atoms with E-state index in [9.17, 15) is 17.6 Å². The first-order valence-electron chi connectivity index (χ1n) is 5.82. The van der Waals surface area contributed by atoms with Crippen LogP contribution in [0.1, 0.15) is 11.1 Å². The molecular weight excluding hydrogens is 374 g/mol.